The lowest BCUT2D eigenvalue weighted by atomic mass is 9.85. The molecule has 1 saturated carbocycles. The minimum atomic E-state index is -0.717. The standard InChI is InChI=1S/C26H33N5O4/c1-16(15-29-13-5-12-27-29)24-28-23-20-9-8-17(2)30(26(34)35-3)21(20)10-11-22(23)31(24)19-7-4-6-18(14-19)25(32)33/h5,10-13,16-19H,4,6-9,14-15H2,1-3H3,(H,32,33)/t16?,17-,18+,19+/m0/s1. The number of rotatable bonds is 5. The average molecular weight is 480 g/mol. The molecule has 3 aromatic rings. The molecule has 1 aromatic carbocycles. The number of hydrogen-bond acceptors (Lipinski definition) is 5. The number of anilines is 1. The molecule has 1 fully saturated rings. The zero-order chi connectivity index (χ0) is 24.7. The van der Waals surface area contributed by atoms with Gasteiger partial charge in [0.15, 0.2) is 0 Å². The Labute approximate surface area is 204 Å². The number of aryl methyl sites for hydroxylation is 1. The third-order valence-corrected chi connectivity index (χ3v) is 7.67. The van der Waals surface area contributed by atoms with Crippen LogP contribution in [0, 0.1) is 5.92 Å². The van der Waals surface area contributed by atoms with Gasteiger partial charge in [-0.15, -0.1) is 0 Å². The van der Waals surface area contributed by atoms with Gasteiger partial charge >= 0.3 is 12.1 Å². The lowest BCUT2D eigenvalue weighted by molar-refractivity contribution is -0.143. The Hall–Kier alpha value is -3.36. The first-order chi connectivity index (χ1) is 16.9. The molecule has 1 aliphatic heterocycles. The Balaban J connectivity index is 1.64. The number of amides is 1. The van der Waals surface area contributed by atoms with Crippen molar-refractivity contribution in [1.29, 1.82) is 0 Å². The Morgan fingerprint density at radius 2 is 2.09 bits per heavy atom. The molecule has 1 aliphatic carbocycles. The number of ether oxygens (including phenoxy) is 1. The highest BCUT2D eigenvalue weighted by atomic mass is 16.5. The number of methoxy groups -OCH3 is 1. The van der Waals surface area contributed by atoms with E-state index in [1.807, 2.05) is 36.0 Å². The van der Waals surface area contributed by atoms with E-state index in [0.717, 1.165) is 60.2 Å². The highest BCUT2D eigenvalue weighted by Crippen LogP contribution is 2.41. The molecule has 9 heteroatoms. The first-order valence-electron chi connectivity index (χ1n) is 12.5. The molecular weight excluding hydrogens is 446 g/mol. The Bertz CT molecular complexity index is 1230. The van der Waals surface area contributed by atoms with E-state index >= 15 is 0 Å². The summed E-state index contributed by atoms with van der Waals surface area (Å²) in [6, 6.07) is 6.07. The molecule has 0 saturated heterocycles. The van der Waals surface area contributed by atoms with E-state index in [9.17, 15) is 14.7 Å². The molecule has 1 N–H and O–H groups in total. The molecule has 2 aliphatic rings. The molecule has 9 nitrogen and oxygen atoms in total. The molecule has 35 heavy (non-hydrogen) atoms. The number of aromatic nitrogens is 4. The van der Waals surface area contributed by atoms with Crippen LogP contribution in [0.25, 0.3) is 11.0 Å². The predicted octanol–water partition coefficient (Wildman–Crippen LogP) is 4.76. The fraction of sp³-hybridized carbons (Fsp3) is 0.538. The van der Waals surface area contributed by atoms with Gasteiger partial charge in [-0.3, -0.25) is 14.4 Å². The van der Waals surface area contributed by atoms with Crippen molar-refractivity contribution in [2.24, 2.45) is 5.92 Å². The predicted molar refractivity (Wildman–Crippen MR) is 132 cm³/mol. The molecule has 3 heterocycles. The minimum absolute atomic E-state index is 0.0439. The van der Waals surface area contributed by atoms with E-state index < -0.39 is 5.97 Å². The van der Waals surface area contributed by atoms with Crippen molar-refractivity contribution in [3.8, 4) is 0 Å². The van der Waals surface area contributed by atoms with Gasteiger partial charge in [0.05, 0.1) is 36.3 Å². The summed E-state index contributed by atoms with van der Waals surface area (Å²) < 4.78 is 9.28. The van der Waals surface area contributed by atoms with E-state index in [2.05, 4.69) is 16.6 Å². The van der Waals surface area contributed by atoms with Crippen LogP contribution in [0.3, 0.4) is 0 Å². The average Bonchev–Trinajstić information content (AvgIpc) is 3.51. The largest absolute Gasteiger partial charge is 0.481 e. The van der Waals surface area contributed by atoms with Crippen molar-refractivity contribution in [1.82, 2.24) is 19.3 Å². The number of aliphatic carboxylic acids is 1. The molecule has 0 bridgehead atoms. The van der Waals surface area contributed by atoms with Crippen LogP contribution in [0.5, 0.6) is 0 Å². The molecule has 186 valence electrons. The van der Waals surface area contributed by atoms with Crippen LogP contribution >= 0.6 is 0 Å². The van der Waals surface area contributed by atoms with Crippen LogP contribution in [0.1, 0.15) is 69.3 Å². The normalized spacial score (nSPS) is 23.2. The van der Waals surface area contributed by atoms with Crippen molar-refractivity contribution < 1.29 is 19.4 Å². The summed E-state index contributed by atoms with van der Waals surface area (Å²) in [6.07, 6.45) is 8.15. The van der Waals surface area contributed by atoms with Crippen molar-refractivity contribution in [3.63, 3.8) is 0 Å². The van der Waals surface area contributed by atoms with E-state index in [1.54, 1.807) is 11.1 Å². The summed E-state index contributed by atoms with van der Waals surface area (Å²) in [5.41, 5.74) is 3.83. The number of hydrogen-bond donors (Lipinski definition) is 1. The molecule has 1 amide bonds. The molecule has 0 radical (unpaired) electrons. The minimum Gasteiger partial charge on any atom is -0.481 e. The van der Waals surface area contributed by atoms with Crippen LogP contribution < -0.4 is 4.90 Å². The molecule has 0 spiro atoms. The number of benzene rings is 1. The summed E-state index contributed by atoms with van der Waals surface area (Å²) in [7, 11) is 1.41. The lowest BCUT2D eigenvalue weighted by Gasteiger charge is -2.34. The number of nitrogens with zero attached hydrogens (tertiary/aromatic N) is 5. The van der Waals surface area contributed by atoms with E-state index in [1.165, 1.54) is 7.11 Å². The van der Waals surface area contributed by atoms with Crippen molar-refractivity contribution in [2.45, 2.75) is 76.9 Å². The number of carboxylic acid groups (broad SMARTS) is 1. The van der Waals surface area contributed by atoms with E-state index in [4.69, 9.17) is 9.72 Å². The quantitative estimate of drug-likeness (QED) is 0.566. The molecule has 5 rings (SSSR count). The Morgan fingerprint density at radius 1 is 1.26 bits per heavy atom. The maximum Gasteiger partial charge on any atom is 0.414 e. The zero-order valence-corrected chi connectivity index (χ0v) is 20.6. The maximum absolute atomic E-state index is 12.6. The lowest BCUT2D eigenvalue weighted by Crippen LogP contribution is -2.42. The first-order valence-corrected chi connectivity index (χ1v) is 12.5. The second-order valence-corrected chi connectivity index (χ2v) is 9.98. The van der Waals surface area contributed by atoms with Crippen molar-refractivity contribution in [3.05, 3.63) is 42.0 Å². The van der Waals surface area contributed by atoms with E-state index in [-0.39, 0.29) is 30.0 Å². The van der Waals surface area contributed by atoms with Gasteiger partial charge in [0, 0.05) is 36.0 Å². The third kappa shape index (κ3) is 4.17. The summed E-state index contributed by atoms with van der Waals surface area (Å²) in [6.45, 7) is 4.86. The fourth-order valence-corrected chi connectivity index (χ4v) is 5.92. The van der Waals surface area contributed by atoms with Gasteiger partial charge in [-0.2, -0.15) is 5.10 Å². The van der Waals surface area contributed by atoms with Gasteiger partial charge in [-0.05, 0) is 57.2 Å². The number of fused-ring (bicyclic) bond motifs is 3. The number of carboxylic acids is 1. The molecular formula is C26H33N5O4. The second-order valence-electron chi connectivity index (χ2n) is 9.98. The highest BCUT2D eigenvalue weighted by molar-refractivity contribution is 5.95. The van der Waals surface area contributed by atoms with Gasteiger partial charge in [0.2, 0.25) is 0 Å². The van der Waals surface area contributed by atoms with Crippen molar-refractivity contribution >= 4 is 28.8 Å². The summed E-state index contributed by atoms with van der Waals surface area (Å²) in [4.78, 5) is 31.3. The van der Waals surface area contributed by atoms with Gasteiger partial charge in [0.1, 0.15) is 5.82 Å². The third-order valence-electron chi connectivity index (χ3n) is 7.67. The van der Waals surface area contributed by atoms with Crippen LogP contribution in [0.15, 0.2) is 30.6 Å². The Kier molecular flexibility index (Phi) is 6.25. The van der Waals surface area contributed by atoms with Crippen LogP contribution in [-0.4, -0.2) is 49.7 Å². The smallest absolute Gasteiger partial charge is 0.414 e. The van der Waals surface area contributed by atoms with Crippen LogP contribution in [0.4, 0.5) is 10.5 Å². The molecule has 1 unspecified atom stereocenters. The topological polar surface area (TPSA) is 102 Å². The molecule has 2 aromatic heterocycles. The van der Waals surface area contributed by atoms with Gasteiger partial charge in [-0.25, -0.2) is 9.78 Å². The Morgan fingerprint density at radius 3 is 2.80 bits per heavy atom. The summed E-state index contributed by atoms with van der Waals surface area (Å²) >= 11 is 0. The summed E-state index contributed by atoms with van der Waals surface area (Å²) in [5.74, 6) is -0.0373. The maximum atomic E-state index is 12.6. The second kappa shape index (κ2) is 9.36. The van der Waals surface area contributed by atoms with Crippen molar-refractivity contribution in [2.75, 3.05) is 12.0 Å². The monoisotopic (exact) mass is 479 g/mol. The van der Waals surface area contributed by atoms with Gasteiger partial charge < -0.3 is 14.4 Å². The number of carbonyl (C=O) groups is 2. The van der Waals surface area contributed by atoms with Gasteiger partial charge in [-0.1, -0.05) is 13.3 Å². The SMILES string of the molecule is COC(=O)N1c2ccc3c(nc(C(C)Cn4cccn4)n3[C@@H]3CCC[C@@H](C(=O)O)C3)c2CC[C@@H]1C. The fourth-order valence-electron chi connectivity index (χ4n) is 5.92. The first kappa shape index (κ1) is 23.4. The summed E-state index contributed by atoms with van der Waals surface area (Å²) in [5, 5.41) is 14.1. The highest BCUT2D eigenvalue weighted by Gasteiger charge is 2.35. The van der Waals surface area contributed by atoms with Crippen LogP contribution in [-0.2, 0) is 22.5 Å². The number of carbonyl (C=O) groups excluding carboxylic acids is 1. The number of imidazole rings is 1. The zero-order valence-electron chi connectivity index (χ0n) is 20.6. The van der Waals surface area contributed by atoms with Crippen LogP contribution in [0.2, 0.25) is 0 Å². The van der Waals surface area contributed by atoms with E-state index in [0.29, 0.717) is 13.0 Å². The van der Waals surface area contributed by atoms with Gasteiger partial charge in [0.25, 0.3) is 0 Å². The molecule has 4 atom stereocenters.